The third-order valence-corrected chi connectivity index (χ3v) is 6.63. The molecule has 7 heteroatoms. The molecule has 31 heavy (non-hydrogen) atoms. The quantitative estimate of drug-likeness (QED) is 0.529. The van der Waals surface area contributed by atoms with Crippen molar-refractivity contribution in [3.63, 3.8) is 0 Å². The molecule has 3 aliphatic heterocycles. The van der Waals surface area contributed by atoms with Crippen molar-refractivity contribution < 1.29 is 19.4 Å². The Labute approximate surface area is 185 Å². The standard InChI is InChI=1S/C23H35N3O2.CH2O2/c1-19-23(27)26-14-6-9-21(26)18-25(19)17-20-8-5-10-22(16-20)28-15-7-13-24-11-3-2-4-12-24;2-1-3/h5,8,10,16,19,21H,2-4,6-7,9,11-15,17-18H2,1H3;1H,(H,2,3)/t19-,21-;/m0./s1. The molecule has 0 spiro atoms. The van der Waals surface area contributed by atoms with Gasteiger partial charge in [-0.05, 0) is 69.8 Å². The molecule has 0 aromatic heterocycles. The topological polar surface area (TPSA) is 73.3 Å². The number of ether oxygens (including phenoxy) is 1. The van der Waals surface area contributed by atoms with Gasteiger partial charge in [0.25, 0.3) is 6.47 Å². The maximum absolute atomic E-state index is 12.6. The Hall–Kier alpha value is -2.12. The number of carbonyl (C=O) groups is 2. The van der Waals surface area contributed by atoms with E-state index in [-0.39, 0.29) is 12.5 Å². The average molecular weight is 432 g/mol. The summed E-state index contributed by atoms with van der Waals surface area (Å²) >= 11 is 0. The van der Waals surface area contributed by atoms with Crippen LogP contribution in [0.25, 0.3) is 0 Å². The summed E-state index contributed by atoms with van der Waals surface area (Å²) in [4.78, 5) is 28.0. The number of rotatable bonds is 7. The molecule has 172 valence electrons. The minimum Gasteiger partial charge on any atom is -0.494 e. The zero-order valence-corrected chi connectivity index (χ0v) is 18.7. The van der Waals surface area contributed by atoms with Gasteiger partial charge in [-0.3, -0.25) is 14.5 Å². The maximum Gasteiger partial charge on any atom is 0.290 e. The summed E-state index contributed by atoms with van der Waals surface area (Å²) in [6, 6.07) is 8.82. The summed E-state index contributed by atoms with van der Waals surface area (Å²) in [7, 11) is 0. The first-order valence-electron chi connectivity index (χ1n) is 11.7. The molecule has 0 aliphatic carbocycles. The average Bonchev–Trinajstić information content (AvgIpc) is 3.25. The fourth-order valence-electron chi connectivity index (χ4n) is 4.97. The van der Waals surface area contributed by atoms with Gasteiger partial charge in [0.15, 0.2) is 0 Å². The number of hydrogen-bond acceptors (Lipinski definition) is 5. The molecule has 0 radical (unpaired) electrons. The lowest BCUT2D eigenvalue weighted by atomic mass is 10.1. The SMILES string of the molecule is C[C@H]1C(=O)N2CCC[C@H]2CN1Cc1cccc(OCCCN2CCCCC2)c1.O=CO. The Kier molecular flexibility index (Phi) is 9.15. The molecule has 3 saturated heterocycles. The van der Waals surface area contributed by atoms with Crippen LogP contribution in [0.3, 0.4) is 0 Å². The molecule has 3 heterocycles. The molecule has 1 aromatic carbocycles. The molecule has 1 amide bonds. The third kappa shape index (κ3) is 6.68. The second-order valence-corrected chi connectivity index (χ2v) is 8.79. The van der Waals surface area contributed by atoms with E-state index < -0.39 is 0 Å². The first-order valence-corrected chi connectivity index (χ1v) is 11.7. The van der Waals surface area contributed by atoms with Gasteiger partial charge in [-0.1, -0.05) is 18.6 Å². The van der Waals surface area contributed by atoms with Crippen LogP contribution in [0.5, 0.6) is 5.75 Å². The fourth-order valence-corrected chi connectivity index (χ4v) is 4.97. The van der Waals surface area contributed by atoms with Gasteiger partial charge in [-0.25, -0.2) is 0 Å². The minimum atomic E-state index is -0.250. The van der Waals surface area contributed by atoms with E-state index in [0.717, 1.165) is 57.8 Å². The Morgan fingerprint density at radius 3 is 2.71 bits per heavy atom. The number of nitrogens with zero attached hydrogens (tertiary/aromatic N) is 3. The van der Waals surface area contributed by atoms with E-state index in [0.29, 0.717) is 11.9 Å². The molecule has 1 aromatic rings. The Morgan fingerprint density at radius 2 is 1.94 bits per heavy atom. The number of fused-ring (bicyclic) bond motifs is 1. The summed E-state index contributed by atoms with van der Waals surface area (Å²) in [6.45, 7) is 8.98. The number of benzene rings is 1. The number of hydrogen-bond donors (Lipinski definition) is 1. The molecule has 3 fully saturated rings. The molecule has 2 atom stereocenters. The second kappa shape index (κ2) is 12.1. The van der Waals surface area contributed by atoms with Gasteiger partial charge < -0.3 is 19.6 Å². The second-order valence-electron chi connectivity index (χ2n) is 8.79. The number of likely N-dealkylation sites (tertiary alicyclic amines) is 1. The van der Waals surface area contributed by atoms with Crippen molar-refractivity contribution in [2.75, 3.05) is 39.3 Å². The highest BCUT2D eigenvalue weighted by atomic mass is 16.5. The first-order chi connectivity index (χ1) is 15.1. The van der Waals surface area contributed by atoms with Crippen LogP contribution >= 0.6 is 0 Å². The van der Waals surface area contributed by atoms with E-state index >= 15 is 0 Å². The highest BCUT2D eigenvalue weighted by molar-refractivity contribution is 5.83. The molecule has 0 bridgehead atoms. The number of carboxylic acid groups (broad SMARTS) is 1. The van der Waals surface area contributed by atoms with Crippen LogP contribution in [0.1, 0.15) is 51.0 Å². The van der Waals surface area contributed by atoms with Gasteiger partial charge in [0.05, 0.1) is 12.6 Å². The van der Waals surface area contributed by atoms with Gasteiger partial charge >= 0.3 is 0 Å². The third-order valence-electron chi connectivity index (χ3n) is 6.63. The number of piperazine rings is 1. The zero-order valence-electron chi connectivity index (χ0n) is 18.7. The maximum atomic E-state index is 12.6. The van der Waals surface area contributed by atoms with Crippen molar-refractivity contribution in [3.05, 3.63) is 29.8 Å². The molecular weight excluding hydrogens is 394 g/mol. The van der Waals surface area contributed by atoms with Crippen LogP contribution in [0.2, 0.25) is 0 Å². The smallest absolute Gasteiger partial charge is 0.290 e. The van der Waals surface area contributed by atoms with Crippen LogP contribution < -0.4 is 4.74 Å². The lowest BCUT2D eigenvalue weighted by molar-refractivity contribution is -0.143. The number of piperidine rings is 1. The van der Waals surface area contributed by atoms with E-state index in [1.807, 2.05) is 6.07 Å². The van der Waals surface area contributed by atoms with E-state index in [4.69, 9.17) is 14.6 Å². The van der Waals surface area contributed by atoms with Crippen LogP contribution in [0, 0.1) is 0 Å². The highest BCUT2D eigenvalue weighted by Crippen LogP contribution is 2.27. The van der Waals surface area contributed by atoms with Crippen molar-refractivity contribution in [1.82, 2.24) is 14.7 Å². The van der Waals surface area contributed by atoms with Gasteiger partial charge in [0.1, 0.15) is 5.75 Å². The zero-order chi connectivity index (χ0) is 22.1. The first kappa shape index (κ1) is 23.5. The van der Waals surface area contributed by atoms with Gasteiger partial charge in [0.2, 0.25) is 5.91 Å². The summed E-state index contributed by atoms with van der Waals surface area (Å²) in [5, 5.41) is 6.89. The lowest BCUT2D eigenvalue weighted by Gasteiger charge is -2.41. The largest absolute Gasteiger partial charge is 0.494 e. The predicted molar refractivity (Wildman–Crippen MR) is 120 cm³/mol. The molecule has 4 rings (SSSR count). The summed E-state index contributed by atoms with van der Waals surface area (Å²) in [6.07, 6.45) is 7.46. The number of carbonyl (C=O) groups excluding carboxylic acids is 1. The van der Waals surface area contributed by atoms with Gasteiger partial charge in [-0.15, -0.1) is 0 Å². The molecular formula is C24H37N3O4. The van der Waals surface area contributed by atoms with E-state index in [2.05, 4.69) is 39.8 Å². The number of amides is 1. The molecule has 7 nitrogen and oxygen atoms in total. The predicted octanol–water partition coefficient (Wildman–Crippen LogP) is 2.84. The van der Waals surface area contributed by atoms with E-state index in [1.165, 1.54) is 37.9 Å². The Bertz CT molecular complexity index is 708. The fraction of sp³-hybridized carbons (Fsp3) is 0.667. The van der Waals surface area contributed by atoms with Crippen LogP contribution in [0.4, 0.5) is 0 Å². The Morgan fingerprint density at radius 1 is 1.16 bits per heavy atom. The summed E-state index contributed by atoms with van der Waals surface area (Å²) in [5.74, 6) is 1.26. The lowest BCUT2D eigenvalue weighted by Crippen LogP contribution is -2.58. The molecule has 1 N–H and O–H groups in total. The molecule has 0 saturated carbocycles. The highest BCUT2D eigenvalue weighted by Gasteiger charge is 2.39. The van der Waals surface area contributed by atoms with Crippen molar-refractivity contribution in [2.24, 2.45) is 0 Å². The van der Waals surface area contributed by atoms with Crippen LogP contribution in [0.15, 0.2) is 24.3 Å². The van der Waals surface area contributed by atoms with Crippen LogP contribution in [-0.2, 0) is 16.1 Å². The molecule has 0 unspecified atom stereocenters. The Balaban J connectivity index is 0.000000858. The van der Waals surface area contributed by atoms with E-state index in [1.54, 1.807) is 0 Å². The van der Waals surface area contributed by atoms with Crippen LogP contribution in [-0.4, -0.2) is 83.6 Å². The minimum absolute atomic E-state index is 0.0246. The normalized spacial score (nSPS) is 24.3. The van der Waals surface area contributed by atoms with Crippen molar-refractivity contribution in [3.8, 4) is 5.75 Å². The summed E-state index contributed by atoms with van der Waals surface area (Å²) in [5.41, 5.74) is 1.24. The van der Waals surface area contributed by atoms with Crippen molar-refractivity contribution >= 4 is 12.4 Å². The summed E-state index contributed by atoms with van der Waals surface area (Å²) < 4.78 is 6.02. The van der Waals surface area contributed by atoms with Gasteiger partial charge in [-0.2, -0.15) is 0 Å². The van der Waals surface area contributed by atoms with E-state index in [9.17, 15) is 4.79 Å². The molecule has 3 aliphatic rings. The van der Waals surface area contributed by atoms with Crippen molar-refractivity contribution in [1.29, 1.82) is 0 Å². The monoisotopic (exact) mass is 431 g/mol. The van der Waals surface area contributed by atoms with Gasteiger partial charge in [0, 0.05) is 32.2 Å². The van der Waals surface area contributed by atoms with Crippen molar-refractivity contribution in [2.45, 2.75) is 64.1 Å².